The normalized spacial score (nSPS) is 11.3. The monoisotopic (exact) mass is 416 g/mol. The second-order valence-corrected chi connectivity index (χ2v) is 7.48. The first-order chi connectivity index (χ1) is 15.1. The van der Waals surface area contributed by atoms with Crippen LogP contribution in [-0.4, -0.2) is 32.4 Å². The van der Waals surface area contributed by atoms with Crippen LogP contribution < -0.4 is 9.64 Å². The van der Waals surface area contributed by atoms with E-state index in [0.717, 1.165) is 22.2 Å². The van der Waals surface area contributed by atoms with Gasteiger partial charge < -0.3 is 14.1 Å². The number of oxazole rings is 1. The van der Waals surface area contributed by atoms with Crippen molar-refractivity contribution in [1.29, 1.82) is 0 Å². The maximum atomic E-state index is 12.2. The van der Waals surface area contributed by atoms with E-state index in [4.69, 9.17) is 9.15 Å². The zero-order valence-corrected chi connectivity index (χ0v) is 17.7. The lowest BCUT2D eigenvalue weighted by atomic mass is 10.1. The Bertz CT molecular complexity index is 1160. The van der Waals surface area contributed by atoms with Crippen LogP contribution in [0.1, 0.15) is 17.5 Å². The summed E-state index contributed by atoms with van der Waals surface area (Å²) in [6.07, 6.45) is 4.56. The minimum atomic E-state index is -0.386. The number of rotatable bonds is 8. The van der Waals surface area contributed by atoms with E-state index >= 15 is 0 Å². The Morgan fingerprint density at radius 2 is 1.61 bits per heavy atom. The number of anilines is 1. The summed E-state index contributed by atoms with van der Waals surface area (Å²) in [5.41, 5.74) is 5.75. The first-order valence-corrected chi connectivity index (χ1v) is 10.3. The molecule has 0 atom stereocenters. The van der Waals surface area contributed by atoms with Crippen LogP contribution >= 0.6 is 0 Å². The van der Waals surface area contributed by atoms with E-state index in [1.807, 2.05) is 50.5 Å². The summed E-state index contributed by atoms with van der Waals surface area (Å²) >= 11 is 0. The molecule has 3 aromatic carbocycles. The van der Waals surface area contributed by atoms with Gasteiger partial charge in [0.05, 0.1) is 13.3 Å². The maximum absolute atomic E-state index is 12.2. The molecule has 0 unspecified atom stereocenters. The van der Waals surface area contributed by atoms with Crippen molar-refractivity contribution in [3.8, 4) is 17.2 Å². The molecule has 0 radical (unpaired) electrons. The molecule has 0 aliphatic heterocycles. The number of benzene rings is 3. The highest BCUT2D eigenvalue weighted by atomic mass is 19.1. The van der Waals surface area contributed by atoms with E-state index in [0.29, 0.717) is 30.3 Å². The fourth-order valence-electron chi connectivity index (χ4n) is 3.18. The summed E-state index contributed by atoms with van der Waals surface area (Å²) in [5, 5.41) is 0. The van der Waals surface area contributed by atoms with Crippen LogP contribution in [0.15, 0.2) is 71.1 Å². The lowest BCUT2D eigenvalue weighted by Gasteiger charge is -2.11. The van der Waals surface area contributed by atoms with E-state index in [1.165, 1.54) is 5.69 Å². The number of fused-ring (bicyclic) bond motifs is 1. The van der Waals surface area contributed by atoms with Crippen molar-refractivity contribution in [1.82, 2.24) is 4.98 Å². The molecule has 1 aromatic heterocycles. The number of hydrogen-bond donors (Lipinski definition) is 0. The molecule has 5 heteroatoms. The van der Waals surface area contributed by atoms with E-state index < -0.39 is 0 Å². The molecule has 4 nitrogen and oxygen atoms in total. The number of halogens is 1. The van der Waals surface area contributed by atoms with Gasteiger partial charge in [0, 0.05) is 37.8 Å². The highest BCUT2D eigenvalue weighted by molar-refractivity contribution is 5.78. The minimum absolute atomic E-state index is 0.345. The summed E-state index contributed by atoms with van der Waals surface area (Å²) in [7, 11) is 4.07. The van der Waals surface area contributed by atoms with Crippen LogP contribution in [0, 0.1) is 0 Å². The van der Waals surface area contributed by atoms with Gasteiger partial charge in [0.2, 0.25) is 5.89 Å². The van der Waals surface area contributed by atoms with Gasteiger partial charge in [-0.15, -0.1) is 0 Å². The SMILES string of the molecule is CN(C)c1ccc(/C=C/c2ccc(-c3nc4ccc(OCCCF)cc4o3)cc2)cc1. The van der Waals surface area contributed by atoms with Gasteiger partial charge in [-0.3, -0.25) is 4.39 Å². The van der Waals surface area contributed by atoms with Gasteiger partial charge in [-0.2, -0.15) is 0 Å². The Labute approximate surface area is 181 Å². The molecule has 0 fully saturated rings. The minimum Gasteiger partial charge on any atom is -0.493 e. The molecule has 0 saturated carbocycles. The second kappa shape index (κ2) is 9.47. The van der Waals surface area contributed by atoms with E-state index in [1.54, 1.807) is 6.07 Å². The molecular weight excluding hydrogens is 391 g/mol. The molecule has 1 heterocycles. The molecule has 0 saturated heterocycles. The fourth-order valence-corrected chi connectivity index (χ4v) is 3.18. The third-order valence-corrected chi connectivity index (χ3v) is 4.94. The topological polar surface area (TPSA) is 38.5 Å². The lowest BCUT2D eigenvalue weighted by Crippen LogP contribution is -2.07. The maximum Gasteiger partial charge on any atom is 0.227 e. The second-order valence-electron chi connectivity index (χ2n) is 7.48. The van der Waals surface area contributed by atoms with Gasteiger partial charge in [0.25, 0.3) is 0 Å². The van der Waals surface area contributed by atoms with Crippen molar-refractivity contribution >= 4 is 28.9 Å². The summed E-state index contributed by atoms with van der Waals surface area (Å²) in [4.78, 5) is 6.64. The van der Waals surface area contributed by atoms with E-state index in [9.17, 15) is 4.39 Å². The molecule has 4 rings (SSSR count). The zero-order chi connectivity index (χ0) is 21.6. The lowest BCUT2D eigenvalue weighted by molar-refractivity contribution is 0.290. The Kier molecular flexibility index (Phi) is 6.32. The molecule has 0 aliphatic rings. The van der Waals surface area contributed by atoms with Crippen molar-refractivity contribution in [2.45, 2.75) is 6.42 Å². The molecule has 158 valence electrons. The van der Waals surface area contributed by atoms with Gasteiger partial charge >= 0.3 is 0 Å². The van der Waals surface area contributed by atoms with Crippen molar-refractivity contribution in [2.75, 3.05) is 32.3 Å². The quantitative estimate of drug-likeness (QED) is 0.244. The molecule has 0 aliphatic carbocycles. The number of nitrogens with zero attached hydrogens (tertiary/aromatic N) is 2. The Morgan fingerprint density at radius 1 is 0.935 bits per heavy atom. The van der Waals surface area contributed by atoms with Crippen LogP contribution in [0.3, 0.4) is 0 Å². The molecule has 0 bridgehead atoms. The smallest absolute Gasteiger partial charge is 0.227 e. The van der Waals surface area contributed by atoms with Crippen LogP contribution in [0.4, 0.5) is 10.1 Å². The van der Waals surface area contributed by atoms with Gasteiger partial charge in [-0.05, 0) is 47.5 Å². The first-order valence-electron chi connectivity index (χ1n) is 10.3. The fraction of sp³-hybridized carbons (Fsp3) is 0.192. The largest absolute Gasteiger partial charge is 0.493 e. The Hall–Kier alpha value is -3.60. The van der Waals surface area contributed by atoms with Gasteiger partial charge in [-0.1, -0.05) is 36.4 Å². The zero-order valence-electron chi connectivity index (χ0n) is 17.7. The molecule has 0 N–H and O–H groups in total. The van der Waals surface area contributed by atoms with Gasteiger partial charge in [0.15, 0.2) is 5.58 Å². The predicted octanol–water partition coefficient (Wildman–Crippen LogP) is 6.47. The summed E-state index contributed by atoms with van der Waals surface area (Å²) in [6, 6.07) is 22.0. The molecule has 0 spiro atoms. The van der Waals surface area contributed by atoms with E-state index in [2.05, 4.69) is 46.3 Å². The predicted molar refractivity (Wildman–Crippen MR) is 125 cm³/mol. The van der Waals surface area contributed by atoms with Crippen molar-refractivity contribution in [3.63, 3.8) is 0 Å². The van der Waals surface area contributed by atoms with E-state index in [-0.39, 0.29) is 6.67 Å². The number of aromatic nitrogens is 1. The third-order valence-electron chi connectivity index (χ3n) is 4.94. The van der Waals surface area contributed by atoms with Gasteiger partial charge in [0.1, 0.15) is 11.3 Å². The first kappa shape index (κ1) is 20.7. The number of hydrogen-bond acceptors (Lipinski definition) is 4. The molecule has 4 aromatic rings. The van der Waals surface area contributed by atoms with Crippen LogP contribution in [-0.2, 0) is 0 Å². The summed E-state index contributed by atoms with van der Waals surface area (Å²) in [6.45, 7) is -0.0413. The average molecular weight is 416 g/mol. The van der Waals surface area contributed by atoms with Gasteiger partial charge in [-0.25, -0.2) is 4.98 Å². The number of alkyl halides is 1. The number of ether oxygens (including phenoxy) is 1. The van der Waals surface area contributed by atoms with Crippen molar-refractivity contribution in [2.24, 2.45) is 0 Å². The van der Waals surface area contributed by atoms with Crippen LogP contribution in [0.2, 0.25) is 0 Å². The van der Waals surface area contributed by atoms with Crippen molar-refractivity contribution < 1.29 is 13.5 Å². The third kappa shape index (κ3) is 5.12. The Balaban J connectivity index is 1.46. The Morgan fingerprint density at radius 3 is 2.26 bits per heavy atom. The standard InChI is InChI=1S/C26H25FN2O2/c1-29(2)22-12-8-20(9-13-22)5-4-19-6-10-21(11-7-19)26-28-24-15-14-23(18-25(24)31-26)30-17-3-16-27/h4-15,18H,3,16-17H2,1-2H3/b5-4+. The van der Waals surface area contributed by atoms with Crippen LogP contribution in [0.5, 0.6) is 5.75 Å². The summed E-state index contributed by atoms with van der Waals surface area (Å²) < 4.78 is 23.7. The highest BCUT2D eigenvalue weighted by Gasteiger charge is 2.09. The van der Waals surface area contributed by atoms with Crippen molar-refractivity contribution in [3.05, 3.63) is 77.9 Å². The summed E-state index contributed by atoms with van der Waals surface area (Å²) in [5.74, 6) is 1.22. The molecule has 0 amide bonds. The van der Waals surface area contributed by atoms with Crippen LogP contribution in [0.25, 0.3) is 34.7 Å². The molecular formula is C26H25FN2O2. The average Bonchev–Trinajstić information content (AvgIpc) is 3.22. The molecule has 31 heavy (non-hydrogen) atoms. The highest BCUT2D eigenvalue weighted by Crippen LogP contribution is 2.27.